The van der Waals surface area contributed by atoms with Crippen LogP contribution in [0.4, 0.5) is 0 Å². The zero-order chi connectivity index (χ0) is 12.7. The Morgan fingerprint density at radius 2 is 2.00 bits per heavy atom. The minimum absolute atomic E-state index is 0.0361. The third-order valence-electron chi connectivity index (χ3n) is 4.32. The summed E-state index contributed by atoms with van der Waals surface area (Å²) in [4.78, 5) is 27.6. The Morgan fingerprint density at radius 1 is 1.22 bits per heavy atom. The van der Waals surface area contributed by atoms with Crippen LogP contribution in [0.5, 0.6) is 0 Å². The summed E-state index contributed by atoms with van der Waals surface area (Å²) < 4.78 is 0. The van der Waals surface area contributed by atoms with Crippen molar-refractivity contribution in [2.24, 2.45) is 5.92 Å². The highest BCUT2D eigenvalue weighted by Crippen LogP contribution is 2.33. The summed E-state index contributed by atoms with van der Waals surface area (Å²) in [5.74, 6) is 0.425. The second-order valence-corrected chi connectivity index (χ2v) is 5.72. The maximum absolute atomic E-state index is 12.3. The van der Waals surface area contributed by atoms with Crippen molar-refractivity contribution in [3.8, 4) is 0 Å². The van der Waals surface area contributed by atoms with Crippen LogP contribution in [-0.2, 0) is 9.59 Å². The summed E-state index contributed by atoms with van der Waals surface area (Å²) in [6, 6.07) is -0.258. The molecule has 3 fully saturated rings. The molecular formula is C13H20N2O3. The molecule has 5 heteroatoms. The number of piperidine rings is 1. The van der Waals surface area contributed by atoms with E-state index in [1.807, 2.05) is 0 Å². The first-order valence-electron chi connectivity index (χ1n) is 6.93. The molecule has 0 radical (unpaired) electrons. The minimum Gasteiger partial charge on any atom is -0.391 e. The van der Waals surface area contributed by atoms with Crippen molar-refractivity contribution in [2.75, 3.05) is 19.6 Å². The van der Waals surface area contributed by atoms with Gasteiger partial charge in [-0.1, -0.05) is 0 Å². The third kappa shape index (κ3) is 2.11. The molecule has 0 bridgehead atoms. The van der Waals surface area contributed by atoms with Crippen molar-refractivity contribution in [3.05, 3.63) is 0 Å². The highest BCUT2D eigenvalue weighted by Gasteiger charge is 2.42. The second kappa shape index (κ2) is 4.53. The Bertz CT molecular complexity index is 367. The summed E-state index contributed by atoms with van der Waals surface area (Å²) in [6.07, 6.45) is 4.44. The number of hydrogen-bond acceptors (Lipinski definition) is 3. The summed E-state index contributed by atoms with van der Waals surface area (Å²) in [5.41, 5.74) is 0. The lowest BCUT2D eigenvalue weighted by atomic mass is 9.98. The molecule has 18 heavy (non-hydrogen) atoms. The second-order valence-electron chi connectivity index (χ2n) is 5.72. The highest BCUT2D eigenvalue weighted by atomic mass is 16.3. The number of carbonyl (C=O) groups is 2. The van der Waals surface area contributed by atoms with Crippen LogP contribution in [0.15, 0.2) is 0 Å². The number of fused-ring (bicyclic) bond motifs is 1. The molecule has 2 unspecified atom stereocenters. The van der Waals surface area contributed by atoms with Crippen LogP contribution in [0.3, 0.4) is 0 Å². The van der Waals surface area contributed by atoms with E-state index in [1.165, 1.54) is 0 Å². The van der Waals surface area contributed by atoms with Crippen LogP contribution in [0.2, 0.25) is 0 Å². The smallest absolute Gasteiger partial charge is 0.245 e. The largest absolute Gasteiger partial charge is 0.391 e. The minimum atomic E-state index is -0.447. The summed E-state index contributed by atoms with van der Waals surface area (Å²) >= 11 is 0. The Hall–Kier alpha value is -1.10. The van der Waals surface area contributed by atoms with Crippen molar-refractivity contribution in [3.63, 3.8) is 0 Å². The molecule has 0 spiro atoms. The fraction of sp³-hybridized carbons (Fsp3) is 0.846. The Balaban J connectivity index is 1.68. The van der Waals surface area contributed by atoms with Crippen LogP contribution >= 0.6 is 0 Å². The molecule has 0 aromatic heterocycles. The van der Waals surface area contributed by atoms with E-state index in [2.05, 4.69) is 0 Å². The van der Waals surface area contributed by atoms with E-state index < -0.39 is 6.10 Å². The number of piperazine rings is 1. The molecule has 2 saturated heterocycles. The van der Waals surface area contributed by atoms with Crippen molar-refractivity contribution < 1.29 is 14.7 Å². The Labute approximate surface area is 107 Å². The number of β-amino-alcohol motifs (C(OH)–C–C–N with tert-alkyl or cyclic N) is 1. The van der Waals surface area contributed by atoms with Crippen LogP contribution in [0.1, 0.15) is 32.1 Å². The van der Waals surface area contributed by atoms with Gasteiger partial charge in [-0.15, -0.1) is 0 Å². The van der Waals surface area contributed by atoms with E-state index >= 15 is 0 Å². The van der Waals surface area contributed by atoms with Crippen LogP contribution in [-0.4, -0.2) is 58.5 Å². The molecule has 2 amide bonds. The lowest BCUT2D eigenvalue weighted by Crippen LogP contribution is -2.62. The Morgan fingerprint density at radius 3 is 2.72 bits per heavy atom. The lowest BCUT2D eigenvalue weighted by Gasteiger charge is -2.43. The van der Waals surface area contributed by atoms with Crippen molar-refractivity contribution in [1.29, 1.82) is 0 Å². The maximum atomic E-state index is 12.3. The van der Waals surface area contributed by atoms with E-state index in [1.54, 1.807) is 9.80 Å². The quantitative estimate of drug-likeness (QED) is 0.768. The molecule has 5 nitrogen and oxygen atoms in total. The molecule has 0 aromatic rings. The summed E-state index contributed by atoms with van der Waals surface area (Å²) in [5, 5.41) is 9.92. The van der Waals surface area contributed by atoms with Gasteiger partial charge in [0.2, 0.25) is 11.8 Å². The first kappa shape index (κ1) is 12.0. The summed E-state index contributed by atoms with van der Waals surface area (Å²) in [6.45, 7) is 1.20. The zero-order valence-electron chi connectivity index (χ0n) is 10.5. The SMILES string of the molecule is O=C1C2CCCCN2C(=O)CN1CC(O)C1CC1. The van der Waals surface area contributed by atoms with Gasteiger partial charge in [0.05, 0.1) is 12.6 Å². The molecule has 2 atom stereocenters. The lowest BCUT2D eigenvalue weighted by molar-refractivity contribution is -0.159. The summed E-state index contributed by atoms with van der Waals surface area (Å²) in [7, 11) is 0. The predicted octanol–water partition coefficient (Wildman–Crippen LogP) is -0.0194. The molecule has 2 heterocycles. The van der Waals surface area contributed by atoms with E-state index in [0.717, 1.165) is 32.1 Å². The molecule has 3 aliphatic rings. The molecule has 1 aliphatic carbocycles. The number of hydrogen-bond donors (Lipinski definition) is 1. The normalized spacial score (nSPS) is 30.4. The van der Waals surface area contributed by atoms with Gasteiger partial charge >= 0.3 is 0 Å². The molecule has 0 aromatic carbocycles. The van der Waals surface area contributed by atoms with Gasteiger partial charge in [-0.05, 0) is 38.0 Å². The molecule has 2 aliphatic heterocycles. The first-order valence-corrected chi connectivity index (χ1v) is 6.93. The van der Waals surface area contributed by atoms with Crippen molar-refractivity contribution in [1.82, 2.24) is 9.80 Å². The fourth-order valence-electron chi connectivity index (χ4n) is 3.04. The molecular weight excluding hydrogens is 232 g/mol. The van der Waals surface area contributed by atoms with Crippen LogP contribution in [0.25, 0.3) is 0 Å². The number of nitrogens with zero attached hydrogens (tertiary/aromatic N) is 2. The van der Waals surface area contributed by atoms with E-state index in [9.17, 15) is 14.7 Å². The van der Waals surface area contributed by atoms with Crippen molar-refractivity contribution >= 4 is 11.8 Å². The monoisotopic (exact) mass is 252 g/mol. The zero-order valence-corrected chi connectivity index (χ0v) is 10.5. The van der Waals surface area contributed by atoms with Gasteiger partial charge < -0.3 is 14.9 Å². The molecule has 1 N–H and O–H groups in total. The fourth-order valence-corrected chi connectivity index (χ4v) is 3.04. The number of rotatable bonds is 3. The number of aliphatic hydroxyl groups is 1. The van der Waals surface area contributed by atoms with Gasteiger partial charge in [-0.2, -0.15) is 0 Å². The first-order chi connectivity index (χ1) is 8.66. The van der Waals surface area contributed by atoms with Crippen LogP contribution < -0.4 is 0 Å². The molecule has 1 saturated carbocycles. The third-order valence-corrected chi connectivity index (χ3v) is 4.32. The average Bonchev–Trinajstić information content (AvgIpc) is 3.20. The topological polar surface area (TPSA) is 60.9 Å². The van der Waals surface area contributed by atoms with Gasteiger partial charge in [0, 0.05) is 13.1 Å². The number of aliphatic hydroxyl groups excluding tert-OH is 1. The molecule has 100 valence electrons. The highest BCUT2D eigenvalue weighted by molar-refractivity contribution is 5.95. The standard InChI is InChI=1S/C13H20N2O3/c16-11(9-4-5-9)7-14-8-12(17)15-6-2-1-3-10(15)13(14)18/h9-11,16H,1-8H2. The van der Waals surface area contributed by atoms with E-state index in [0.29, 0.717) is 19.0 Å². The van der Waals surface area contributed by atoms with Gasteiger partial charge in [0.25, 0.3) is 0 Å². The van der Waals surface area contributed by atoms with E-state index in [-0.39, 0.29) is 24.4 Å². The van der Waals surface area contributed by atoms with Crippen molar-refractivity contribution in [2.45, 2.75) is 44.2 Å². The Kier molecular flexibility index (Phi) is 3.01. The van der Waals surface area contributed by atoms with Gasteiger partial charge in [0.1, 0.15) is 6.04 Å². The van der Waals surface area contributed by atoms with Crippen LogP contribution in [0, 0.1) is 5.92 Å². The average molecular weight is 252 g/mol. The van der Waals surface area contributed by atoms with Gasteiger partial charge in [0.15, 0.2) is 0 Å². The predicted molar refractivity (Wildman–Crippen MR) is 64.7 cm³/mol. The number of carbonyl (C=O) groups excluding carboxylic acids is 2. The molecule has 3 rings (SSSR count). The van der Waals surface area contributed by atoms with E-state index in [4.69, 9.17) is 0 Å². The van der Waals surface area contributed by atoms with Gasteiger partial charge in [-0.3, -0.25) is 9.59 Å². The number of amides is 2. The maximum Gasteiger partial charge on any atom is 0.245 e. The van der Waals surface area contributed by atoms with Gasteiger partial charge in [-0.25, -0.2) is 0 Å².